The lowest BCUT2D eigenvalue weighted by Gasteiger charge is -2.29. The van der Waals surface area contributed by atoms with E-state index in [1.54, 1.807) is 0 Å². The number of fused-ring (bicyclic) bond motifs is 3. The largest absolute Gasteiger partial charge is 0.294 e. The summed E-state index contributed by atoms with van der Waals surface area (Å²) in [6.45, 7) is 4.22. The van der Waals surface area contributed by atoms with Crippen LogP contribution in [0.1, 0.15) is 58.6 Å². The Kier molecular flexibility index (Phi) is 2.17. The molecule has 3 rings (SSSR count). The molecule has 0 amide bonds. The summed E-state index contributed by atoms with van der Waals surface area (Å²) >= 11 is 0. The summed E-state index contributed by atoms with van der Waals surface area (Å²) < 4.78 is 0. The van der Waals surface area contributed by atoms with Crippen LogP contribution >= 0.6 is 0 Å². The van der Waals surface area contributed by atoms with Crippen molar-refractivity contribution in [3.05, 3.63) is 34.4 Å². The molecule has 2 atom stereocenters. The Morgan fingerprint density at radius 1 is 1.19 bits per heavy atom. The van der Waals surface area contributed by atoms with E-state index in [1.807, 2.05) is 0 Å². The second-order valence-corrected chi connectivity index (χ2v) is 5.47. The Morgan fingerprint density at radius 3 is 2.81 bits per heavy atom. The molecule has 1 nitrogen and oxygen atoms in total. The summed E-state index contributed by atoms with van der Waals surface area (Å²) in [4.78, 5) is 12.2. The van der Waals surface area contributed by atoms with Crippen LogP contribution in [0.4, 0.5) is 0 Å². The zero-order valence-electron chi connectivity index (χ0n) is 10.0. The number of Topliss-reactive ketones (excluding diaryl/α,β-unsaturated/α-hetero) is 1. The first kappa shape index (κ1) is 10.1. The van der Waals surface area contributed by atoms with Crippen molar-refractivity contribution in [1.29, 1.82) is 0 Å². The first-order chi connectivity index (χ1) is 7.66. The lowest BCUT2D eigenvalue weighted by atomic mass is 9.74. The number of ketones is 1. The fourth-order valence-corrected chi connectivity index (χ4v) is 3.70. The maximum absolute atomic E-state index is 12.2. The summed E-state index contributed by atoms with van der Waals surface area (Å²) in [5.74, 6) is 1.70. The molecule has 1 heteroatoms. The maximum Gasteiger partial charge on any atom is 0.163 e. The number of carbonyl (C=O) groups is 1. The van der Waals surface area contributed by atoms with Gasteiger partial charge in [-0.1, -0.05) is 24.1 Å². The fraction of sp³-hybridized carbons (Fsp3) is 0.533. The van der Waals surface area contributed by atoms with Crippen molar-refractivity contribution in [2.24, 2.45) is 5.92 Å². The van der Waals surface area contributed by atoms with Gasteiger partial charge >= 0.3 is 0 Å². The van der Waals surface area contributed by atoms with E-state index >= 15 is 0 Å². The third kappa shape index (κ3) is 1.34. The van der Waals surface area contributed by atoms with Gasteiger partial charge in [-0.25, -0.2) is 0 Å². The first-order valence-corrected chi connectivity index (χ1v) is 6.31. The third-order valence-electron chi connectivity index (χ3n) is 4.30. The van der Waals surface area contributed by atoms with Crippen molar-refractivity contribution in [3.63, 3.8) is 0 Å². The molecular weight excluding hydrogens is 196 g/mol. The molecule has 0 unspecified atom stereocenters. The Morgan fingerprint density at radius 2 is 2.00 bits per heavy atom. The van der Waals surface area contributed by atoms with E-state index in [0.717, 1.165) is 12.0 Å². The van der Waals surface area contributed by atoms with Crippen molar-refractivity contribution in [2.75, 3.05) is 0 Å². The van der Waals surface area contributed by atoms with Gasteiger partial charge in [0.1, 0.15) is 0 Å². The van der Waals surface area contributed by atoms with Crippen molar-refractivity contribution in [1.82, 2.24) is 0 Å². The second-order valence-electron chi connectivity index (χ2n) is 5.47. The Balaban J connectivity index is 2.20. The van der Waals surface area contributed by atoms with Crippen LogP contribution in [0, 0.1) is 19.8 Å². The van der Waals surface area contributed by atoms with Crippen molar-refractivity contribution in [2.45, 2.75) is 45.4 Å². The molecular formula is C15H18O. The minimum Gasteiger partial charge on any atom is -0.294 e. The smallest absolute Gasteiger partial charge is 0.163 e. The van der Waals surface area contributed by atoms with Crippen molar-refractivity contribution >= 4 is 5.78 Å². The van der Waals surface area contributed by atoms with Gasteiger partial charge in [0.15, 0.2) is 5.78 Å². The molecule has 1 aromatic rings. The lowest BCUT2D eigenvalue weighted by Crippen LogP contribution is -2.22. The topological polar surface area (TPSA) is 17.1 Å². The summed E-state index contributed by atoms with van der Waals surface area (Å²) in [5.41, 5.74) is 4.90. The molecule has 84 valence electrons. The molecule has 1 fully saturated rings. The molecule has 0 aliphatic heterocycles. The molecule has 0 aromatic heterocycles. The average Bonchev–Trinajstić information content (AvgIpc) is 2.64. The van der Waals surface area contributed by atoms with Gasteiger partial charge in [0.25, 0.3) is 0 Å². The van der Waals surface area contributed by atoms with E-state index in [2.05, 4.69) is 26.0 Å². The predicted molar refractivity (Wildman–Crippen MR) is 64.9 cm³/mol. The van der Waals surface area contributed by atoms with Gasteiger partial charge in [0.05, 0.1) is 0 Å². The van der Waals surface area contributed by atoms with Crippen LogP contribution in [0.2, 0.25) is 0 Å². The van der Waals surface area contributed by atoms with Crippen LogP contribution in [-0.4, -0.2) is 5.78 Å². The standard InChI is InChI=1S/C15H18O/c1-9-6-10(2)15-13(7-9)12-5-3-4-11(12)8-14(15)16/h6-7,11-12H,3-5,8H2,1-2H3/t11-,12+/m1/s1. The summed E-state index contributed by atoms with van der Waals surface area (Å²) in [7, 11) is 0. The van der Waals surface area contributed by atoms with Crippen LogP contribution < -0.4 is 0 Å². The fourth-order valence-electron chi connectivity index (χ4n) is 3.70. The second kappa shape index (κ2) is 3.44. The average molecular weight is 214 g/mol. The molecule has 0 spiro atoms. The summed E-state index contributed by atoms with van der Waals surface area (Å²) in [6.07, 6.45) is 4.63. The Bertz CT molecular complexity index is 459. The minimum atomic E-state index is 0.385. The van der Waals surface area contributed by atoms with Crippen LogP contribution in [0.15, 0.2) is 12.1 Å². The highest BCUT2D eigenvalue weighted by Gasteiger charge is 2.37. The van der Waals surface area contributed by atoms with Crippen molar-refractivity contribution in [3.8, 4) is 0 Å². The SMILES string of the molecule is Cc1cc(C)c2c(c1)[C@H]1CCC[C@@H]1CC2=O. The van der Waals surface area contributed by atoms with E-state index in [0.29, 0.717) is 17.6 Å². The Hall–Kier alpha value is -1.11. The molecule has 1 aromatic carbocycles. The number of rotatable bonds is 0. The van der Waals surface area contributed by atoms with E-state index in [9.17, 15) is 4.79 Å². The number of hydrogen-bond donors (Lipinski definition) is 0. The number of aryl methyl sites for hydroxylation is 2. The van der Waals surface area contributed by atoms with Gasteiger partial charge < -0.3 is 0 Å². The first-order valence-electron chi connectivity index (χ1n) is 6.31. The zero-order chi connectivity index (χ0) is 11.3. The molecule has 0 bridgehead atoms. The van der Waals surface area contributed by atoms with E-state index in [1.165, 1.54) is 36.0 Å². The maximum atomic E-state index is 12.2. The van der Waals surface area contributed by atoms with Crippen LogP contribution in [0.3, 0.4) is 0 Å². The molecule has 0 heterocycles. The predicted octanol–water partition coefficient (Wildman–Crippen LogP) is 3.77. The van der Waals surface area contributed by atoms with Crippen LogP contribution in [0.25, 0.3) is 0 Å². The van der Waals surface area contributed by atoms with Gasteiger partial charge in [0, 0.05) is 12.0 Å². The quantitative estimate of drug-likeness (QED) is 0.642. The van der Waals surface area contributed by atoms with E-state index in [4.69, 9.17) is 0 Å². The van der Waals surface area contributed by atoms with Crippen molar-refractivity contribution < 1.29 is 4.79 Å². The number of benzene rings is 1. The highest BCUT2D eigenvalue weighted by molar-refractivity contribution is 6.00. The lowest BCUT2D eigenvalue weighted by molar-refractivity contribution is 0.0943. The zero-order valence-corrected chi connectivity index (χ0v) is 10.0. The normalized spacial score (nSPS) is 27.8. The highest BCUT2D eigenvalue weighted by Crippen LogP contribution is 2.47. The molecule has 0 saturated heterocycles. The molecule has 0 radical (unpaired) electrons. The molecule has 2 aliphatic rings. The molecule has 2 aliphatic carbocycles. The summed E-state index contributed by atoms with van der Waals surface area (Å²) in [6, 6.07) is 4.40. The van der Waals surface area contributed by atoms with E-state index in [-0.39, 0.29) is 0 Å². The highest BCUT2D eigenvalue weighted by atomic mass is 16.1. The van der Waals surface area contributed by atoms with E-state index < -0.39 is 0 Å². The molecule has 1 saturated carbocycles. The van der Waals surface area contributed by atoms with Gasteiger partial charge in [-0.3, -0.25) is 4.79 Å². The van der Waals surface area contributed by atoms with Gasteiger partial charge in [-0.05, 0) is 49.7 Å². The minimum absolute atomic E-state index is 0.385. The van der Waals surface area contributed by atoms with Gasteiger partial charge in [0.2, 0.25) is 0 Å². The van der Waals surface area contributed by atoms with Crippen LogP contribution in [-0.2, 0) is 0 Å². The number of hydrogen-bond acceptors (Lipinski definition) is 1. The van der Waals surface area contributed by atoms with Gasteiger partial charge in [-0.2, -0.15) is 0 Å². The Labute approximate surface area is 96.9 Å². The molecule has 16 heavy (non-hydrogen) atoms. The monoisotopic (exact) mass is 214 g/mol. The number of carbonyl (C=O) groups excluding carboxylic acids is 1. The molecule has 0 N–H and O–H groups in total. The van der Waals surface area contributed by atoms with Gasteiger partial charge in [-0.15, -0.1) is 0 Å². The third-order valence-corrected chi connectivity index (χ3v) is 4.30. The summed E-state index contributed by atoms with van der Waals surface area (Å²) in [5, 5.41) is 0. The van der Waals surface area contributed by atoms with Crippen LogP contribution in [0.5, 0.6) is 0 Å².